The SMILES string of the molecule is COc1ccccc1CNC(=O)C(Cc1c[nH]c2ccccc12)NC(c1ccccc1)(c1ccccc1)c1ccccc1. The smallest absolute Gasteiger partial charge is 0.237 e. The fourth-order valence-corrected chi connectivity index (χ4v) is 5.96. The number of para-hydroxylation sites is 2. The first-order chi connectivity index (χ1) is 21.2. The van der Waals surface area contributed by atoms with Gasteiger partial charge in [0.1, 0.15) is 5.75 Å². The number of carbonyl (C=O) groups is 1. The van der Waals surface area contributed by atoms with Gasteiger partial charge in [-0.15, -0.1) is 0 Å². The first-order valence-corrected chi connectivity index (χ1v) is 14.6. The molecule has 5 nitrogen and oxygen atoms in total. The van der Waals surface area contributed by atoms with Crippen molar-refractivity contribution in [3.8, 4) is 5.75 Å². The van der Waals surface area contributed by atoms with E-state index in [1.54, 1.807) is 7.11 Å². The summed E-state index contributed by atoms with van der Waals surface area (Å²) in [5.74, 6) is 0.652. The van der Waals surface area contributed by atoms with Crippen molar-refractivity contribution in [1.82, 2.24) is 15.6 Å². The molecule has 6 rings (SSSR count). The topological polar surface area (TPSA) is 66.1 Å². The lowest BCUT2D eigenvalue weighted by Gasteiger charge is -2.40. The van der Waals surface area contributed by atoms with E-state index >= 15 is 0 Å². The minimum Gasteiger partial charge on any atom is -0.496 e. The summed E-state index contributed by atoms with van der Waals surface area (Å²) < 4.78 is 5.55. The number of H-pyrrole nitrogens is 1. The first kappa shape index (κ1) is 28.0. The summed E-state index contributed by atoms with van der Waals surface area (Å²) in [5, 5.41) is 8.25. The highest BCUT2D eigenvalue weighted by molar-refractivity contribution is 5.86. The molecule has 214 valence electrons. The van der Waals surface area contributed by atoms with Gasteiger partial charge in [-0.3, -0.25) is 10.1 Å². The zero-order valence-electron chi connectivity index (χ0n) is 24.2. The molecule has 0 aliphatic rings. The molecule has 1 heterocycles. The maximum absolute atomic E-state index is 14.3. The highest BCUT2D eigenvalue weighted by atomic mass is 16.5. The Labute approximate surface area is 252 Å². The van der Waals surface area contributed by atoms with E-state index in [4.69, 9.17) is 4.74 Å². The number of carbonyl (C=O) groups excluding carboxylic acids is 1. The van der Waals surface area contributed by atoms with Crippen molar-refractivity contribution >= 4 is 16.8 Å². The maximum atomic E-state index is 14.3. The Bertz CT molecular complexity index is 1690. The summed E-state index contributed by atoms with van der Waals surface area (Å²) in [6.45, 7) is 0.351. The number of hydrogen-bond donors (Lipinski definition) is 3. The van der Waals surface area contributed by atoms with Crippen LogP contribution in [-0.4, -0.2) is 24.0 Å². The summed E-state index contributed by atoms with van der Waals surface area (Å²) in [5.41, 5.74) is 5.39. The molecule has 0 radical (unpaired) electrons. The summed E-state index contributed by atoms with van der Waals surface area (Å²) in [7, 11) is 1.65. The van der Waals surface area contributed by atoms with Crippen LogP contribution >= 0.6 is 0 Å². The molecule has 0 saturated carbocycles. The van der Waals surface area contributed by atoms with Crippen LogP contribution in [0.15, 0.2) is 146 Å². The number of fused-ring (bicyclic) bond motifs is 1. The van der Waals surface area contributed by atoms with E-state index < -0.39 is 11.6 Å². The number of hydrogen-bond acceptors (Lipinski definition) is 3. The van der Waals surface area contributed by atoms with Gasteiger partial charge in [-0.1, -0.05) is 127 Å². The predicted octanol–water partition coefficient (Wildman–Crippen LogP) is 6.99. The molecule has 1 aromatic heterocycles. The van der Waals surface area contributed by atoms with E-state index in [9.17, 15) is 4.79 Å². The Morgan fingerprint density at radius 3 is 1.84 bits per heavy atom. The maximum Gasteiger partial charge on any atom is 0.237 e. The molecule has 6 aromatic rings. The summed E-state index contributed by atoms with van der Waals surface area (Å²) >= 11 is 0. The van der Waals surface area contributed by atoms with Gasteiger partial charge in [-0.2, -0.15) is 0 Å². The van der Waals surface area contributed by atoms with Crippen LogP contribution in [0.5, 0.6) is 5.75 Å². The summed E-state index contributed by atoms with van der Waals surface area (Å²) in [4.78, 5) is 17.7. The fraction of sp³-hybridized carbons (Fsp3) is 0.132. The Balaban J connectivity index is 1.46. The molecule has 1 amide bonds. The quantitative estimate of drug-likeness (QED) is 0.148. The van der Waals surface area contributed by atoms with E-state index in [-0.39, 0.29) is 5.91 Å². The molecule has 43 heavy (non-hydrogen) atoms. The zero-order valence-corrected chi connectivity index (χ0v) is 24.2. The number of rotatable bonds is 11. The van der Waals surface area contributed by atoms with Gasteiger partial charge in [-0.25, -0.2) is 0 Å². The second kappa shape index (κ2) is 12.8. The van der Waals surface area contributed by atoms with Crippen molar-refractivity contribution in [2.45, 2.75) is 24.5 Å². The molecule has 0 bridgehead atoms. The molecule has 0 saturated heterocycles. The van der Waals surface area contributed by atoms with Gasteiger partial charge in [0.25, 0.3) is 0 Å². The molecule has 1 unspecified atom stereocenters. The fourth-order valence-electron chi connectivity index (χ4n) is 5.96. The number of aromatic amines is 1. The van der Waals surface area contributed by atoms with Gasteiger partial charge in [0, 0.05) is 29.2 Å². The van der Waals surface area contributed by atoms with Crippen LogP contribution in [0.2, 0.25) is 0 Å². The normalized spacial score (nSPS) is 12.1. The number of aromatic nitrogens is 1. The van der Waals surface area contributed by atoms with Crippen molar-refractivity contribution in [3.05, 3.63) is 174 Å². The molecule has 0 aliphatic carbocycles. The number of ether oxygens (including phenoxy) is 1. The summed E-state index contributed by atoms with van der Waals surface area (Å²) in [6.07, 6.45) is 2.50. The monoisotopic (exact) mass is 565 g/mol. The van der Waals surface area contributed by atoms with Gasteiger partial charge < -0.3 is 15.0 Å². The minimum atomic E-state index is -0.803. The van der Waals surface area contributed by atoms with Crippen LogP contribution in [0.4, 0.5) is 0 Å². The van der Waals surface area contributed by atoms with Gasteiger partial charge in [0.2, 0.25) is 5.91 Å². The van der Waals surface area contributed by atoms with Crippen molar-refractivity contribution in [2.75, 3.05) is 7.11 Å². The summed E-state index contributed by atoms with van der Waals surface area (Å²) in [6, 6.07) is 46.5. The second-order valence-electron chi connectivity index (χ2n) is 10.6. The first-order valence-electron chi connectivity index (χ1n) is 14.6. The number of methoxy groups -OCH3 is 1. The molecular weight excluding hydrogens is 530 g/mol. The molecule has 5 aromatic carbocycles. The third-order valence-electron chi connectivity index (χ3n) is 8.07. The van der Waals surface area contributed by atoms with Crippen LogP contribution < -0.4 is 15.4 Å². The lowest BCUT2D eigenvalue weighted by molar-refractivity contribution is -0.123. The largest absolute Gasteiger partial charge is 0.496 e. The molecule has 5 heteroatoms. The van der Waals surface area contributed by atoms with Crippen LogP contribution in [0, 0.1) is 0 Å². The van der Waals surface area contributed by atoms with E-state index in [2.05, 4.69) is 64.1 Å². The number of nitrogens with one attached hydrogen (secondary N) is 3. The Morgan fingerprint density at radius 2 is 1.23 bits per heavy atom. The number of benzene rings is 5. The average molecular weight is 566 g/mol. The standard InChI is InChI=1S/C38H35N3O2/c1-43-36-24-14-11-15-28(36)26-40-37(42)35(25-29-27-39-34-23-13-12-22-33(29)34)41-38(30-16-5-2-6-17-30,31-18-7-3-8-19-31)32-20-9-4-10-21-32/h2-24,27,35,39,41H,25-26H2,1H3,(H,40,42). The van der Waals surface area contributed by atoms with Crippen molar-refractivity contribution in [1.29, 1.82) is 0 Å². The predicted molar refractivity (Wildman–Crippen MR) is 173 cm³/mol. The third kappa shape index (κ3) is 5.81. The Morgan fingerprint density at radius 1 is 0.698 bits per heavy atom. The lowest BCUT2D eigenvalue weighted by atomic mass is 9.76. The van der Waals surface area contributed by atoms with E-state index in [0.29, 0.717) is 13.0 Å². The Hall–Kier alpha value is -5.13. The van der Waals surface area contributed by atoms with Crippen molar-refractivity contribution in [2.24, 2.45) is 0 Å². The van der Waals surface area contributed by atoms with Gasteiger partial charge >= 0.3 is 0 Å². The highest BCUT2D eigenvalue weighted by Gasteiger charge is 2.40. The van der Waals surface area contributed by atoms with E-state index in [1.165, 1.54) is 0 Å². The van der Waals surface area contributed by atoms with Crippen LogP contribution in [0.3, 0.4) is 0 Å². The van der Waals surface area contributed by atoms with Gasteiger partial charge in [0.15, 0.2) is 0 Å². The number of amides is 1. The molecule has 3 N–H and O–H groups in total. The minimum absolute atomic E-state index is 0.0941. The highest BCUT2D eigenvalue weighted by Crippen LogP contribution is 2.38. The molecule has 0 aliphatic heterocycles. The van der Waals surface area contributed by atoms with Crippen LogP contribution in [-0.2, 0) is 23.3 Å². The third-order valence-corrected chi connectivity index (χ3v) is 8.07. The zero-order chi connectivity index (χ0) is 29.5. The second-order valence-corrected chi connectivity index (χ2v) is 10.6. The van der Waals surface area contributed by atoms with Crippen LogP contribution in [0.1, 0.15) is 27.8 Å². The Kier molecular flexibility index (Phi) is 8.34. The molecule has 0 fully saturated rings. The van der Waals surface area contributed by atoms with Crippen LogP contribution in [0.25, 0.3) is 10.9 Å². The molecule has 1 atom stereocenters. The van der Waals surface area contributed by atoms with Crippen molar-refractivity contribution < 1.29 is 9.53 Å². The molecular formula is C38H35N3O2. The van der Waals surface area contributed by atoms with Crippen molar-refractivity contribution in [3.63, 3.8) is 0 Å². The van der Waals surface area contributed by atoms with E-state index in [0.717, 1.165) is 44.5 Å². The van der Waals surface area contributed by atoms with Gasteiger partial charge in [-0.05, 0) is 40.8 Å². The molecule has 0 spiro atoms. The lowest BCUT2D eigenvalue weighted by Crippen LogP contribution is -2.55. The van der Waals surface area contributed by atoms with Gasteiger partial charge in [0.05, 0.1) is 18.7 Å². The van der Waals surface area contributed by atoms with E-state index in [1.807, 2.05) is 97.2 Å². The average Bonchev–Trinajstić information content (AvgIpc) is 3.49.